The third-order valence-electron chi connectivity index (χ3n) is 3.81. The van der Waals surface area contributed by atoms with Gasteiger partial charge in [-0.25, -0.2) is 0 Å². The summed E-state index contributed by atoms with van der Waals surface area (Å²) >= 11 is 0. The first-order chi connectivity index (χ1) is 9.22. The molecule has 0 spiro atoms. The van der Waals surface area contributed by atoms with Gasteiger partial charge >= 0.3 is 0 Å². The Bertz CT molecular complexity index is 408. The fourth-order valence-electron chi connectivity index (χ4n) is 2.64. The molecule has 4 nitrogen and oxygen atoms in total. The van der Waals surface area contributed by atoms with Gasteiger partial charge in [0.05, 0.1) is 18.1 Å². The predicted octanol–water partition coefficient (Wildman–Crippen LogP) is 1.15. The van der Waals surface area contributed by atoms with E-state index < -0.39 is 6.10 Å². The fraction of sp³-hybridized carbons (Fsp3) is 0.533. The van der Waals surface area contributed by atoms with Crippen molar-refractivity contribution in [2.45, 2.75) is 43.7 Å². The van der Waals surface area contributed by atoms with Gasteiger partial charge < -0.3 is 16.2 Å². The van der Waals surface area contributed by atoms with E-state index in [1.807, 2.05) is 30.3 Å². The Morgan fingerprint density at radius 1 is 1.32 bits per heavy atom. The average Bonchev–Trinajstić information content (AvgIpc) is 2.43. The van der Waals surface area contributed by atoms with Crippen molar-refractivity contribution in [1.29, 1.82) is 0 Å². The maximum absolute atomic E-state index is 12.3. The molecule has 0 aliphatic heterocycles. The van der Waals surface area contributed by atoms with Gasteiger partial charge in [-0.05, 0) is 18.4 Å². The van der Waals surface area contributed by atoms with Crippen LogP contribution in [0.2, 0.25) is 0 Å². The number of nitrogens with two attached hydrogens (primary N) is 1. The maximum atomic E-state index is 12.3. The Hall–Kier alpha value is -1.39. The monoisotopic (exact) mass is 262 g/mol. The van der Waals surface area contributed by atoms with Crippen LogP contribution in [0.4, 0.5) is 0 Å². The highest BCUT2D eigenvalue weighted by Gasteiger charge is 2.27. The highest BCUT2D eigenvalue weighted by Crippen LogP contribution is 2.20. The number of rotatable bonds is 4. The van der Waals surface area contributed by atoms with Crippen LogP contribution in [-0.4, -0.2) is 29.7 Å². The van der Waals surface area contributed by atoms with E-state index in [1.54, 1.807) is 0 Å². The minimum atomic E-state index is -0.424. The maximum Gasteiger partial charge on any atom is 0.229 e. The zero-order chi connectivity index (χ0) is 13.7. The normalized spacial score (nSPS) is 24.7. The van der Waals surface area contributed by atoms with Crippen molar-refractivity contribution < 1.29 is 9.90 Å². The summed E-state index contributed by atoms with van der Waals surface area (Å²) in [4.78, 5) is 12.3. The number of carbonyl (C=O) groups is 1. The summed E-state index contributed by atoms with van der Waals surface area (Å²) in [6.07, 6.45) is 3.28. The lowest BCUT2D eigenvalue weighted by atomic mass is 9.91. The smallest absolute Gasteiger partial charge is 0.229 e. The third kappa shape index (κ3) is 3.55. The Labute approximate surface area is 114 Å². The molecule has 2 rings (SSSR count). The van der Waals surface area contributed by atoms with E-state index in [0.717, 1.165) is 31.2 Å². The summed E-state index contributed by atoms with van der Waals surface area (Å²) in [6.45, 7) is 0.276. The lowest BCUT2D eigenvalue weighted by Gasteiger charge is -2.29. The van der Waals surface area contributed by atoms with E-state index in [2.05, 4.69) is 5.32 Å². The lowest BCUT2D eigenvalue weighted by molar-refractivity contribution is -0.124. The topological polar surface area (TPSA) is 75.4 Å². The van der Waals surface area contributed by atoms with Crippen LogP contribution in [0.5, 0.6) is 0 Å². The first-order valence-corrected chi connectivity index (χ1v) is 6.96. The average molecular weight is 262 g/mol. The minimum absolute atomic E-state index is 0.0837. The number of nitrogens with one attached hydrogen (secondary N) is 1. The highest BCUT2D eigenvalue weighted by atomic mass is 16.3. The summed E-state index contributed by atoms with van der Waals surface area (Å²) in [7, 11) is 0. The van der Waals surface area contributed by atoms with Gasteiger partial charge in [0, 0.05) is 6.54 Å². The molecule has 3 unspecified atom stereocenters. The predicted molar refractivity (Wildman–Crippen MR) is 74.6 cm³/mol. The van der Waals surface area contributed by atoms with Crippen molar-refractivity contribution in [3.63, 3.8) is 0 Å². The standard InChI is InChI=1S/C15H22N2O2/c16-10-12(11-6-2-1-3-7-11)15(19)17-13-8-4-5-9-14(13)18/h1-3,6-7,12-14,18H,4-5,8-10,16H2,(H,17,19). The SMILES string of the molecule is NCC(C(=O)NC1CCCCC1O)c1ccccc1. The van der Waals surface area contributed by atoms with E-state index in [0.29, 0.717) is 0 Å². The van der Waals surface area contributed by atoms with Crippen LogP contribution < -0.4 is 11.1 Å². The lowest BCUT2D eigenvalue weighted by Crippen LogP contribution is -2.47. The number of benzene rings is 1. The zero-order valence-corrected chi connectivity index (χ0v) is 11.1. The summed E-state index contributed by atoms with van der Waals surface area (Å²) in [5.41, 5.74) is 6.65. The molecule has 4 N–H and O–H groups in total. The van der Waals surface area contributed by atoms with Crippen LogP contribution in [-0.2, 0) is 4.79 Å². The molecule has 4 heteroatoms. The Balaban J connectivity index is 2.01. The summed E-state index contributed by atoms with van der Waals surface area (Å²) in [5.74, 6) is -0.421. The second kappa shape index (κ2) is 6.68. The number of aliphatic hydroxyl groups is 1. The molecule has 0 saturated heterocycles. The van der Waals surface area contributed by atoms with Crippen molar-refractivity contribution in [3.05, 3.63) is 35.9 Å². The van der Waals surface area contributed by atoms with E-state index in [-0.39, 0.29) is 24.4 Å². The van der Waals surface area contributed by atoms with Crippen LogP contribution >= 0.6 is 0 Å². The third-order valence-corrected chi connectivity index (χ3v) is 3.81. The molecule has 0 aromatic heterocycles. The van der Waals surface area contributed by atoms with Crippen LogP contribution in [0.15, 0.2) is 30.3 Å². The van der Waals surface area contributed by atoms with Crippen molar-refractivity contribution in [3.8, 4) is 0 Å². The molecular formula is C15H22N2O2. The molecule has 1 amide bonds. The molecule has 1 saturated carbocycles. The Kier molecular flexibility index (Phi) is 4.93. The molecule has 0 heterocycles. The van der Waals surface area contributed by atoms with Gasteiger partial charge in [-0.3, -0.25) is 4.79 Å². The molecule has 0 radical (unpaired) electrons. The van der Waals surface area contributed by atoms with Gasteiger partial charge in [-0.2, -0.15) is 0 Å². The summed E-state index contributed by atoms with van der Waals surface area (Å²) in [5, 5.41) is 12.8. The Morgan fingerprint density at radius 2 is 2.00 bits per heavy atom. The second-order valence-electron chi connectivity index (χ2n) is 5.17. The van der Waals surface area contributed by atoms with Gasteiger partial charge in [-0.15, -0.1) is 0 Å². The molecule has 1 aromatic carbocycles. The minimum Gasteiger partial charge on any atom is -0.391 e. The Morgan fingerprint density at radius 3 is 2.63 bits per heavy atom. The number of aliphatic hydroxyl groups excluding tert-OH is 1. The quantitative estimate of drug-likeness (QED) is 0.762. The number of hydrogen-bond acceptors (Lipinski definition) is 3. The number of hydrogen-bond donors (Lipinski definition) is 3. The van der Waals surface area contributed by atoms with Crippen LogP contribution in [0.3, 0.4) is 0 Å². The molecule has 3 atom stereocenters. The molecule has 104 valence electrons. The molecule has 1 aromatic rings. The van der Waals surface area contributed by atoms with Gasteiger partial charge in [-0.1, -0.05) is 43.2 Å². The fourth-order valence-corrected chi connectivity index (χ4v) is 2.64. The van der Waals surface area contributed by atoms with E-state index in [9.17, 15) is 9.90 Å². The van der Waals surface area contributed by atoms with Crippen molar-refractivity contribution in [2.24, 2.45) is 5.73 Å². The molecule has 1 aliphatic rings. The number of carbonyl (C=O) groups excluding carboxylic acids is 1. The van der Waals surface area contributed by atoms with Gasteiger partial charge in [0.15, 0.2) is 0 Å². The van der Waals surface area contributed by atoms with Crippen LogP contribution in [0.25, 0.3) is 0 Å². The first-order valence-electron chi connectivity index (χ1n) is 6.96. The van der Waals surface area contributed by atoms with Gasteiger partial charge in [0.25, 0.3) is 0 Å². The molecule has 1 aliphatic carbocycles. The molecule has 0 bridgehead atoms. The van der Waals surface area contributed by atoms with E-state index in [4.69, 9.17) is 5.73 Å². The van der Waals surface area contributed by atoms with Crippen LogP contribution in [0.1, 0.15) is 37.2 Å². The molecular weight excluding hydrogens is 240 g/mol. The zero-order valence-electron chi connectivity index (χ0n) is 11.1. The first kappa shape index (κ1) is 14.0. The summed E-state index contributed by atoms with van der Waals surface area (Å²) < 4.78 is 0. The van der Waals surface area contributed by atoms with Gasteiger partial charge in [0.2, 0.25) is 5.91 Å². The molecule has 19 heavy (non-hydrogen) atoms. The largest absolute Gasteiger partial charge is 0.391 e. The molecule has 1 fully saturated rings. The highest BCUT2D eigenvalue weighted by molar-refractivity contribution is 5.84. The van der Waals surface area contributed by atoms with E-state index >= 15 is 0 Å². The number of amides is 1. The van der Waals surface area contributed by atoms with Crippen molar-refractivity contribution >= 4 is 5.91 Å². The van der Waals surface area contributed by atoms with Crippen molar-refractivity contribution in [1.82, 2.24) is 5.32 Å². The summed E-state index contributed by atoms with van der Waals surface area (Å²) in [6, 6.07) is 9.42. The van der Waals surface area contributed by atoms with Gasteiger partial charge in [0.1, 0.15) is 0 Å². The van der Waals surface area contributed by atoms with E-state index in [1.165, 1.54) is 0 Å². The van der Waals surface area contributed by atoms with Crippen molar-refractivity contribution in [2.75, 3.05) is 6.54 Å². The van der Waals surface area contributed by atoms with Crippen LogP contribution in [0, 0.1) is 0 Å². The second-order valence-corrected chi connectivity index (χ2v) is 5.17.